The van der Waals surface area contributed by atoms with Crippen LogP contribution in [-0.4, -0.2) is 42.6 Å². The van der Waals surface area contributed by atoms with Crippen LogP contribution in [0.4, 0.5) is 0 Å². The Labute approximate surface area is 265 Å². The molecule has 3 aromatic carbocycles. The Bertz CT molecular complexity index is 1490. The molecule has 1 unspecified atom stereocenters. The van der Waals surface area contributed by atoms with Gasteiger partial charge < -0.3 is 15.0 Å². The lowest BCUT2D eigenvalue weighted by molar-refractivity contribution is -0.147. The summed E-state index contributed by atoms with van der Waals surface area (Å²) in [6, 6.07) is 24.0. The van der Waals surface area contributed by atoms with E-state index in [-0.39, 0.29) is 37.1 Å². The quantitative estimate of drug-likeness (QED) is 0.220. The second kappa shape index (κ2) is 13.1. The molecular weight excluding hydrogens is 607 g/mol. The predicted molar refractivity (Wildman–Crippen MR) is 167 cm³/mol. The molecule has 0 bridgehead atoms. The van der Waals surface area contributed by atoms with Crippen molar-refractivity contribution >= 4 is 46.3 Å². The first kappa shape index (κ1) is 31.7. The summed E-state index contributed by atoms with van der Waals surface area (Å²) in [5.74, 6) is -1.69. The Morgan fingerprint density at radius 2 is 1.77 bits per heavy atom. The summed E-state index contributed by atoms with van der Waals surface area (Å²) in [5.41, 5.74) is 0.586. The zero-order valence-corrected chi connectivity index (χ0v) is 26.2. The van der Waals surface area contributed by atoms with Crippen LogP contribution in [0.5, 0.6) is 0 Å². The molecule has 3 aromatic rings. The Morgan fingerprint density at radius 3 is 2.37 bits per heavy atom. The van der Waals surface area contributed by atoms with Crippen LogP contribution < -0.4 is 5.32 Å². The van der Waals surface area contributed by atoms with Crippen LogP contribution in [0.3, 0.4) is 0 Å². The highest BCUT2D eigenvalue weighted by Crippen LogP contribution is 2.55. The summed E-state index contributed by atoms with van der Waals surface area (Å²) in [7, 11) is 0. The number of amides is 1. The fourth-order valence-corrected chi connectivity index (χ4v) is 7.98. The lowest BCUT2D eigenvalue weighted by Gasteiger charge is -2.50. The molecule has 10 heteroatoms. The first-order chi connectivity index (χ1) is 20.5. The molecule has 5 rings (SSSR count). The second-order valence-corrected chi connectivity index (χ2v) is 13.8. The molecule has 1 heterocycles. The van der Waals surface area contributed by atoms with Crippen LogP contribution in [-0.2, 0) is 32.8 Å². The van der Waals surface area contributed by atoms with Gasteiger partial charge in [-0.05, 0) is 79.0 Å². The van der Waals surface area contributed by atoms with Crippen molar-refractivity contribution in [1.29, 1.82) is 0 Å². The summed E-state index contributed by atoms with van der Waals surface area (Å²) in [5, 5.41) is 13.9. The normalized spacial score (nSPS) is 24.3. The maximum Gasteiger partial charge on any atom is 0.304 e. The molecule has 1 amide bonds. The first-order valence-corrected chi connectivity index (χ1v) is 16.3. The highest BCUT2D eigenvalue weighted by atomic mass is 35.5. The van der Waals surface area contributed by atoms with Crippen molar-refractivity contribution in [3.8, 4) is 0 Å². The number of halogens is 2. The molecule has 2 fully saturated rings. The molecule has 1 aliphatic heterocycles. The highest BCUT2D eigenvalue weighted by molar-refractivity contribution is 7.76. The molecule has 43 heavy (non-hydrogen) atoms. The maximum absolute atomic E-state index is 13.6. The van der Waals surface area contributed by atoms with Gasteiger partial charge >= 0.3 is 5.97 Å². The molecule has 5 atom stereocenters. The molecule has 2 aliphatic rings. The minimum Gasteiger partial charge on any atom is -0.760 e. The van der Waals surface area contributed by atoms with Crippen molar-refractivity contribution in [2.75, 3.05) is 6.54 Å². The molecule has 0 aromatic heterocycles. The van der Waals surface area contributed by atoms with E-state index in [0.717, 1.165) is 29.5 Å². The van der Waals surface area contributed by atoms with Crippen LogP contribution in [0.2, 0.25) is 10.0 Å². The second-order valence-electron chi connectivity index (χ2n) is 12.0. The van der Waals surface area contributed by atoms with Crippen molar-refractivity contribution in [2.45, 2.75) is 62.9 Å². The van der Waals surface area contributed by atoms with E-state index in [4.69, 9.17) is 23.2 Å². The van der Waals surface area contributed by atoms with Gasteiger partial charge in [0.2, 0.25) is 5.91 Å². The minimum atomic E-state index is -2.59. The Kier molecular flexibility index (Phi) is 9.64. The van der Waals surface area contributed by atoms with E-state index >= 15 is 0 Å². The van der Waals surface area contributed by atoms with Crippen molar-refractivity contribution < 1.29 is 23.5 Å². The number of nitrogens with one attached hydrogen (secondary N) is 1. The lowest BCUT2D eigenvalue weighted by atomic mass is 9.66. The number of piperidine rings is 1. The molecule has 2 N–H and O–H groups in total. The highest BCUT2D eigenvalue weighted by Gasteiger charge is 2.55. The fourth-order valence-electron chi connectivity index (χ4n) is 6.82. The summed E-state index contributed by atoms with van der Waals surface area (Å²) in [6.45, 7) is 1.93. The van der Waals surface area contributed by atoms with Gasteiger partial charge in [-0.15, -0.1) is 0 Å². The largest absolute Gasteiger partial charge is 0.760 e. The molecule has 1 saturated carbocycles. The summed E-state index contributed by atoms with van der Waals surface area (Å²) in [4.78, 5) is 25.4. The number of rotatable bonds is 12. The van der Waals surface area contributed by atoms with Gasteiger partial charge in [0.1, 0.15) is 0 Å². The third-order valence-corrected chi connectivity index (χ3v) is 10.4. The zero-order chi connectivity index (χ0) is 30.8. The van der Waals surface area contributed by atoms with Gasteiger partial charge in [0, 0.05) is 39.8 Å². The number of carboxylic acids is 1. The molecular formula is C33H35Cl2N2O5S-. The summed E-state index contributed by atoms with van der Waals surface area (Å²) < 4.78 is 28.0. The number of carbonyl (C=O) groups is 2. The molecule has 0 spiro atoms. The van der Waals surface area contributed by atoms with Crippen LogP contribution >= 0.6 is 23.2 Å². The fraction of sp³-hybridized carbons (Fsp3) is 0.394. The van der Waals surface area contributed by atoms with E-state index in [9.17, 15) is 23.5 Å². The van der Waals surface area contributed by atoms with E-state index in [1.54, 1.807) is 29.4 Å². The minimum absolute atomic E-state index is 0.0200. The molecule has 7 nitrogen and oxygen atoms in total. The van der Waals surface area contributed by atoms with Crippen molar-refractivity contribution in [1.82, 2.24) is 9.62 Å². The Balaban J connectivity index is 1.61. The van der Waals surface area contributed by atoms with Crippen LogP contribution in [0.1, 0.15) is 61.6 Å². The number of carbonyl (C=O) groups excluding carboxylic acids is 1. The average molecular weight is 643 g/mol. The van der Waals surface area contributed by atoms with E-state index in [0.29, 0.717) is 22.9 Å². The number of benzene rings is 3. The molecule has 1 aliphatic carbocycles. The van der Waals surface area contributed by atoms with Gasteiger partial charge in [0.25, 0.3) is 0 Å². The van der Waals surface area contributed by atoms with E-state index in [2.05, 4.69) is 5.32 Å². The Morgan fingerprint density at radius 1 is 1.07 bits per heavy atom. The van der Waals surface area contributed by atoms with E-state index in [1.807, 2.05) is 60.7 Å². The van der Waals surface area contributed by atoms with E-state index < -0.39 is 34.2 Å². The summed E-state index contributed by atoms with van der Waals surface area (Å²) in [6.07, 6.45) is 2.45. The van der Waals surface area contributed by atoms with Crippen LogP contribution in [0.15, 0.2) is 78.9 Å². The smallest absolute Gasteiger partial charge is 0.304 e. The Hall–Kier alpha value is -2.75. The van der Waals surface area contributed by atoms with Crippen molar-refractivity contribution in [2.24, 2.45) is 11.3 Å². The number of hydrogen-bond donors (Lipinski definition) is 2. The molecule has 0 radical (unpaired) electrons. The third kappa shape index (κ3) is 6.99. The number of carboxylic acid groups (broad SMARTS) is 1. The van der Waals surface area contributed by atoms with Gasteiger partial charge in [-0.25, -0.2) is 4.31 Å². The zero-order valence-electron chi connectivity index (χ0n) is 23.9. The SMILES string of the molecule is C[C@@]1(CC(=O)O)C[C@H](c2cccc(Cl)c2)[C@H](C[C@@](c2ccc(Cl)cc2)(C2CC2)N(CCc2ccccc2)S(=O)[O-])NC1=O. The first-order valence-electron chi connectivity index (χ1n) is 14.5. The van der Waals surface area contributed by atoms with Gasteiger partial charge in [-0.2, -0.15) is 0 Å². The number of nitrogens with zero attached hydrogens (tertiary/aromatic N) is 1. The topological polar surface area (TPSA) is 110 Å². The third-order valence-electron chi connectivity index (χ3n) is 9.04. The van der Waals surface area contributed by atoms with Crippen LogP contribution in [0.25, 0.3) is 0 Å². The summed E-state index contributed by atoms with van der Waals surface area (Å²) >= 11 is 10.1. The number of aliphatic carboxylic acids is 1. The predicted octanol–water partition coefficient (Wildman–Crippen LogP) is 6.48. The van der Waals surface area contributed by atoms with Crippen LogP contribution in [0, 0.1) is 11.3 Å². The van der Waals surface area contributed by atoms with Gasteiger partial charge in [0.05, 0.1) is 17.4 Å². The van der Waals surface area contributed by atoms with Gasteiger partial charge in [-0.1, -0.05) is 84.7 Å². The monoisotopic (exact) mass is 641 g/mol. The standard InChI is InChI=1S/C33H36Cl2N2O5S/c1-32(21-30(38)39)19-28(23-8-5-9-27(35)18-23)29(36-31(32)40)20-33(24-10-11-24,25-12-14-26(34)15-13-25)37(43(41)42)17-16-22-6-3-2-4-7-22/h2-9,12-15,18,24,28-29H,10-11,16-17,19-21H2,1H3,(H,36,40)(H,38,39)(H,41,42)/p-1/t28-,29+,32+,33+/m1/s1. The number of hydrogen-bond acceptors (Lipinski definition) is 4. The van der Waals surface area contributed by atoms with Gasteiger partial charge in [0.15, 0.2) is 0 Å². The van der Waals surface area contributed by atoms with Crippen molar-refractivity contribution in [3.63, 3.8) is 0 Å². The molecule has 228 valence electrons. The maximum atomic E-state index is 13.6. The van der Waals surface area contributed by atoms with Crippen molar-refractivity contribution in [3.05, 3.63) is 106 Å². The van der Waals surface area contributed by atoms with E-state index in [1.165, 1.54) is 0 Å². The van der Waals surface area contributed by atoms with Gasteiger partial charge in [-0.3, -0.25) is 13.8 Å². The molecule has 1 saturated heterocycles. The average Bonchev–Trinajstić information content (AvgIpc) is 3.81. The lowest BCUT2D eigenvalue weighted by Crippen LogP contribution is -2.59.